The van der Waals surface area contributed by atoms with E-state index in [1.165, 1.54) is 0 Å². The molecule has 2 atom stereocenters. The largest absolute Gasteiger partial charge is 0.454 e. The minimum absolute atomic E-state index is 0.160. The molecule has 1 aliphatic carbocycles. The van der Waals surface area contributed by atoms with Crippen LogP contribution in [0.4, 0.5) is 0 Å². The second kappa shape index (κ2) is 7.16. The molecule has 1 aliphatic rings. The summed E-state index contributed by atoms with van der Waals surface area (Å²) in [5.41, 5.74) is 3.49. The predicted octanol–water partition coefficient (Wildman–Crippen LogP) is 4.74. The predicted molar refractivity (Wildman–Crippen MR) is 95.7 cm³/mol. The molecule has 0 N–H and O–H groups in total. The van der Waals surface area contributed by atoms with Crippen molar-refractivity contribution < 1.29 is 14.3 Å². The standard InChI is InChI=1S/C21H26O3/c1-14(2)18-13-19(15(3)17(11-12-22)21(18,4)5)24-20(23)16-9-7-6-8-10-16/h6-10,12,18-19H,1,11,13H2,2-5H3/t18-,19-/m0/s1. The van der Waals surface area contributed by atoms with Crippen molar-refractivity contribution in [3.8, 4) is 0 Å². The van der Waals surface area contributed by atoms with Crippen molar-refractivity contribution in [3.05, 3.63) is 59.2 Å². The van der Waals surface area contributed by atoms with Crippen LogP contribution in [0.5, 0.6) is 0 Å². The van der Waals surface area contributed by atoms with Crippen LogP contribution in [-0.4, -0.2) is 18.4 Å². The molecule has 3 heteroatoms. The van der Waals surface area contributed by atoms with Crippen LogP contribution >= 0.6 is 0 Å². The number of carbonyl (C=O) groups excluding carboxylic acids is 2. The Morgan fingerprint density at radius 3 is 2.50 bits per heavy atom. The van der Waals surface area contributed by atoms with Gasteiger partial charge in [0, 0.05) is 6.42 Å². The van der Waals surface area contributed by atoms with Gasteiger partial charge in [-0.2, -0.15) is 0 Å². The first-order valence-corrected chi connectivity index (χ1v) is 8.34. The van der Waals surface area contributed by atoms with Gasteiger partial charge in [0.25, 0.3) is 0 Å². The number of hydrogen-bond donors (Lipinski definition) is 0. The van der Waals surface area contributed by atoms with Crippen molar-refractivity contribution >= 4 is 12.3 Å². The van der Waals surface area contributed by atoms with E-state index in [0.717, 1.165) is 23.0 Å². The molecule has 24 heavy (non-hydrogen) atoms. The minimum Gasteiger partial charge on any atom is -0.454 e. The van der Waals surface area contributed by atoms with E-state index < -0.39 is 0 Å². The van der Waals surface area contributed by atoms with Crippen LogP contribution in [0.3, 0.4) is 0 Å². The zero-order valence-electron chi connectivity index (χ0n) is 15.0. The normalized spacial score (nSPS) is 22.8. The van der Waals surface area contributed by atoms with E-state index in [9.17, 15) is 9.59 Å². The van der Waals surface area contributed by atoms with E-state index in [-0.39, 0.29) is 23.4 Å². The van der Waals surface area contributed by atoms with Gasteiger partial charge in [0.1, 0.15) is 12.4 Å². The fourth-order valence-electron chi connectivity index (χ4n) is 3.83. The van der Waals surface area contributed by atoms with E-state index in [4.69, 9.17) is 4.74 Å². The Hall–Kier alpha value is -2.16. The van der Waals surface area contributed by atoms with Crippen molar-refractivity contribution in [1.29, 1.82) is 0 Å². The summed E-state index contributed by atoms with van der Waals surface area (Å²) in [7, 11) is 0. The summed E-state index contributed by atoms with van der Waals surface area (Å²) in [6.45, 7) is 12.4. The molecule has 0 spiro atoms. The molecule has 1 aromatic rings. The Kier molecular flexibility index (Phi) is 5.43. The van der Waals surface area contributed by atoms with Gasteiger partial charge >= 0.3 is 5.97 Å². The van der Waals surface area contributed by atoms with Gasteiger partial charge in [0.2, 0.25) is 0 Å². The summed E-state index contributed by atoms with van der Waals surface area (Å²) in [5.74, 6) is -0.157. The molecule has 0 heterocycles. The van der Waals surface area contributed by atoms with E-state index in [0.29, 0.717) is 18.4 Å². The van der Waals surface area contributed by atoms with E-state index in [1.54, 1.807) is 12.1 Å². The Morgan fingerprint density at radius 1 is 1.33 bits per heavy atom. The smallest absolute Gasteiger partial charge is 0.338 e. The Morgan fingerprint density at radius 2 is 1.96 bits per heavy atom. The van der Waals surface area contributed by atoms with Gasteiger partial charge in [-0.05, 0) is 49.3 Å². The lowest BCUT2D eigenvalue weighted by Gasteiger charge is -2.44. The third kappa shape index (κ3) is 3.50. The monoisotopic (exact) mass is 326 g/mol. The maximum absolute atomic E-state index is 12.4. The van der Waals surface area contributed by atoms with E-state index in [1.807, 2.05) is 32.0 Å². The topological polar surface area (TPSA) is 43.4 Å². The third-order valence-corrected chi connectivity index (χ3v) is 5.20. The van der Waals surface area contributed by atoms with E-state index in [2.05, 4.69) is 20.4 Å². The van der Waals surface area contributed by atoms with Crippen molar-refractivity contribution in [3.63, 3.8) is 0 Å². The average Bonchev–Trinajstić information content (AvgIpc) is 2.54. The molecule has 128 valence electrons. The van der Waals surface area contributed by atoms with Gasteiger partial charge in [0.05, 0.1) is 5.56 Å². The molecule has 0 saturated heterocycles. The fraction of sp³-hybridized carbons (Fsp3) is 0.429. The Balaban J connectivity index is 2.35. The second-order valence-electron chi connectivity index (χ2n) is 7.15. The summed E-state index contributed by atoms with van der Waals surface area (Å²) >= 11 is 0. The molecule has 1 aromatic carbocycles. The first kappa shape index (κ1) is 18.2. The number of benzene rings is 1. The van der Waals surface area contributed by atoms with Crippen molar-refractivity contribution in [2.75, 3.05) is 0 Å². The van der Waals surface area contributed by atoms with Gasteiger partial charge in [-0.25, -0.2) is 4.79 Å². The van der Waals surface area contributed by atoms with Gasteiger partial charge in [-0.15, -0.1) is 0 Å². The molecule has 0 saturated carbocycles. The molecular weight excluding hydrogens is 300 g/mol. The molecule has 0 amide bonds. The zero-order valence-corrected chi connectivity index (χ0v) is 15.0. The highest BCUT2D eigenvalue weighted by molar-refractivity contribution is 5.89. The zero-order chi connectivity index (χ0) is 17.9. The Bertz CT molecular complexity index is 668. The summed E-state index contributed by atoms with van der Waals surface area (Å²) in [4.78, 5) is 23.6. The molecule has 0 bridgehead atoms. The van der Waals surface area contributed by atoms with Gasteiger partial charge in [-0.3, -0.25) is 0 Å². The first-order chi connectivity index (χ1) is 11.3. The average molecular weight is 326 g/mol. The van der Waals surface area contributed by atoms with Crippen LogP contribution < -0.4 is 0 Å². The number of esters is 1. The van der Waals surface area contributed by atoms with E-state index >= 15 is 0 Å². The summed E-state index contributed by atoms with van der Waals surface area (Å²) in [5, 5.41) is 0. The highest BCUT2D eigenvalue weighted by atomic mass is 16.5. The Labute approximate surface area is 144 Å². The van der Waals surface area contributed by atoms with Crippen LogP contribution in [0.2, 0.25) is 0 Å². The number of hydrogen-bond acceptors (Lipinski definition) is 3. The summed E-state index contributed by atoms with van der Waals surface area (Å²) in [6, 6.07) is 8.99. The third-order valence-electron chi connectivity index (χ3n) is 5.20. The number of allylic oxidation sites excluding steroid dienone is 2. The van der Waals surface area contributed by atoms with Crippen LogP contribution in [0.25, 0.3) is 0 Å². The highest BCUT2D eigenvalue weighted by Crippen LogP contribution is 2.49. The molecule has 0 radical (unpaired) electrons. The van der Waals surface area contributed by atoms with Gasteiger partial charge in [-0.1, -0.05) is 49.8 Å². The van der Waals surface area contributed by atoms with Crippen LogP contribution in [0.1, 0.15) is 50.9 Å². The van der Waals surface area contributed by atoms with Crippen molar-refractivity contribution in [2.24, 2.45) is 11.3 Å². The summed E-state index contributed by atoms with van der Waals surface area (Å²) < 4.78 is 5.79. The maximum Gasteiger partial charge on any atom is 0.338 e. The molecular formula is C21H26O3. The molecule has 0 fully saturated rings. The van der Waals surface area contributed by atoms with Crippen LogP contribution in [0, 0.1) is 11.3 Å². The lowest BCUT2D eigenvalue weighted by molar-refractivity contribution is -0.107. The fourth-order valence-corrected chi connectivity index (χ4v) is 3.83. The minimum atomic E-state index is -0.328. The van der Waals surface area contributed by atoms with Crippen LogP contribution in [0.15, 0.2) is 53.6 Å². The SMILES string of the molecule is C=C(C)[C@@H]1C[C@H](OC(=O)c2ccccc2)C(C)=C(CC=O)C1(C)C. The van der Waals surface area contributed by atoms with Crippen molar-refractivity contribution in [1.82, 2.24) is 0 Å². The lowest BCUT2D eigenvalue weighted by Crippen LogP contribution is -2.39. The first-order valence-electron chi connectivity index (χ1n) is 8.34. The van der Waals surface area contributed by atoms with Gasteiger partial charge in [0.15, 0.2) is 0 Å². The number of carbonyl (C=O) groups is 2. The number of aldehydes is 1. The quantitative estimate of drug-likeness (QED) is 0.446. The lowest BCUT2D eigenvalue weighted by atomic mass is 9.62. The number of rotatable bonds is 5. The van der Waals surface area contributed by atoms with Gasteiger partial charge < -0.3 is 9.53 Å². The van der Waals surface area contributed by atoms with Crippen LogP contribution in [-0.2, 0) is 9.53 Å². The summed E-state index contributed by atoms with van der Waals surface area (Å²) in [6.07, 6.45) is 1.68. The molecule has 0 aliphatic heterocycles. The highest BCUT2D eigenvalue weighted by Gasteiger charge is 2.42. The van der Waals surface area contributed by atoms with Crippen molar-refractivity contribution in [2.45, 2.75) is 46.6 Å². The molecule has 3 nitrogen and oxygen atoms in total. The second-order valence-corrected chi connectivity index (χ2v) is 7.15. The molecule has 2 rings (SSSR count). The molecule has 0 aromatic heterocycles. The maximum atomic E-state index is 12.4. The molecule has 0 unspecified atom stereocenters. The number of ether oxygens (including phenoxy) is 1.